The van der Waals surface area contributed by atoms with Gasteiger partial charge < -0.3 is 9.80 Å². The SMILES string of the molecule is CN(C)CCCN(C)C(=O)c1ccc(-c2ccccc2S(N)(=O)=O)cc1. The Kier molecular flexibility index (Phi) is 6.52. The topological polar surface area (TPSA) is 83.7 Å². The summed E-state index contributed by atoms with van der Waals surface area (Å²) in [5.41, 5.74) is 1.78. The maximum atomic E-state index is 12.5. The highest BCUT2D eigenvalue weighted by Gasteiger charge is 2.16. The molecule has 0 unspecified atom stereocenters. The molecule has 0 aliphatic rings. The van der Waals surface area contributed by atoms with Gasteiger partial charge in [0.2, 0.25) is 10.0 Å². The van der Waals surface area contributed by atoms with Crippen molar-refractivity contribution in [3.05, 3.63) is 54.1 Å². The summed E-state index contributed by atoms with van der Waals surface area (Å²) in [5.74, 6) is -0.0602. The van der Waals surface area contributed by atoms with Crippen molar-refractivity contribution in [2.45, 2.75) is 11.3 Å². The van der Waals surface area contributed by atoms with Crippen molar-refractivity contribution in [1.29, 1.82) is 0 Å². The van der Waals surface area contributed by atoms with Crippen LogP contribution in [-0.2, 0) is 10.0 Å². The van der Waals surface area contributed by atoms with Gasteiger partial charge in [0.25, 0.3) is 5.91 Å². The summed E-state index contributed by atoms with van der Waals surface area (Å²) in [4.78, 5) is 16.3. The molecule has 7 heteroatoms. The molecule has 26 heavy (non-hydrogen) atoms. The largest absolute Gasteiger partial charge is 0.342 e. The predicted octanol–water partition coefficient (Wildman–Crippen LogP) is 2.02. The quantitative estimate of drug-likeness (QED) is 0.802. The van der Waals surface area contributed by atoms with Gasteiger partial charge in [0, 0.05) is 24.7 Å². The number of amides is 1. The molecule has 2 rings (SSSR count). The Morgan fingerprint density at radius 3 is 2.15 bits per heavy atom. The molecule has 0 spiro atoms. The average molecular weight is 375 g/mol. The lowest BCUT2D eigenvalue weighted by Crippen LogP contribution is -2.29. The molecule has 140 valence electrons. The lowest BCUT2D eigenvalue weighted by Gasteiger charge is -2.19. The van der Waals surface area contributed by atoms with Gasteiger partial charge in [0.1, 0.15) is 0 Å². The van der Waals surface area contributed by atoms with Crippen molar-refractivity contribution in [1.82, 2.24) is 9.80 Å². The maximum absolute atomic E-state index is 12.5. The summed E-state index contributed by atoms with van der Waals surface area (Å²) < 4.78 is 23.5. The van der Waals surface area contributed by atoms with Crippen molar-refractivity contribution < 1.29 is 13.2 Å². The van der Waals surface area contributed by atoms with Gasteiger partial charge in [-0.15, -0.1) is 0 Å². The fourth-order valence-electron chi connectivity index (χ4n) is 2.69. The van der Waals surface area contributed by atoms with E-state index in [2.05, 4.69) is 4.90 Å². The first-order valence-corrected chi connectivity index (χ1v) is 9.87. The molecule has 0 radical (unpaired) electrons. The first-order valence-electron chi connectivity index (χ1n) is 8.32. The van der Waals surface area contributed by atoms with Crippen molar-refractivity contribution in [2.24, 2.45) is 5.14 Å². The number of primary sulfonamides is 1. The Morgan fingerprint density at radius 2 is 1.58 bits per heavy atom. The van der Waals surface area contributed by atoms with Crippen LogP contribution in [0, 0.1) is 0 Å². The second kappa shape index (κ2) is 8.44. The van der Waals surface area contributed by atoms with Crippen LogP contribution in [0.15, 0.2) is 53.4 Å². The fourth-order valence-corrected chi connectivity index (χ4v) is 3.45. The molecule has 2 aromatic rings. The summed E-state index contributed by atoms with van der Waals surface area (Å²) in [6.07, 6.45) is 0.898. The van der Waals surface area contributed by atoms with E-state index in [1.165, 1.54) is 6.07 Å². The highest BCUT2D eigenvalue weighted by atomic mass is 32.2. The average Bonchev–Trinajstić information content (AvgIpc) is 2.60. The third-order valence-electron chi connectivity index (χ3n) is 4.08. The number of benzene rings is 2. The van der Waals surface area contributed by atoms with Gasteiger partial charge in [-0.1, -0.05) is 30.3 Å². The molecule has 2 N–H and O–H groups in total. The second-order valence-corrected chi connectivity index (χ2v) is 8.03. The number of hydrogen-bond donors (Lipinski definition) is 1. The van der Waals surface area contributed by atoms with Crippen LogP contribution in [0.5, 0.6) is 0 Å². The lowest BCUT2D eigenvalue weighted by molar-refractivity contribution is 0.0790. The van der Waals surface area contributed by atoms with Gasteiger partial charge in [-0.2, -0.15) is 0 Å². The Balaban J connectivity index is 2.18. The zero-order chi connectivity index (χ0) is 19.3. The van der Waals surface area contributed by atoms with Crippen LogP contribution in [0.4, 0.5) is 0 Å². The Morgan fingerprint density at radius 1 is 0.962 bits per heavy atom. The van der Waals surface area contributed by atoms with Crippen molar-refractivity contribution in [3.8, 4) is 11.1 Å². The zero-order valence-electron chi connectivity index (χ0n) is 15.3. The van der Waals surface area contributed by atoms with E-state index >= 15 is 0 Å². The molecule has 0 heterocycles. The van der Waals surface area contributed by atoms with Gasteiger partial charge >= 0.3 is 0 Å². The van der Waals surface area contributed by atoms with E-state index in [9.17, 15) is 13.2 Å². The number of nitrogens with two attached hydrogens (primary N) is 1. The first kappa shape index (κ1) is 20.1. The van der Waals surface area contributed by atoms with Crippen LogP contribution in [0.25, 0.3) is 11.1 Å². The van der Waals surface area contributed by atoms with Crippen LogP contribution in [-0.4, -0.2) is 58.4 Å². The van der Waals surface area contributed by atoms with Crippen molar-refractivity contribution in [2.75, 3.05) is 34.2 Å². The number of rotatable bonds is 7. The first-order chi connectivity index (χ1) is 12.2. The van der Waals surface area contributed by atoms with E-state index in [0.717, 1.165) is 13.0 Å². The maximum Gasteiger partial charge on any atom is 0.253 e. The summed E-state index contributed by atoms with van der Waals surface area (Å²) >= 11 is 0. The number of nitrogens with zero attached hydrogens (tertiary/aromatic N) is 2. The molecule has 2 aromatic carbocycles. The van der Waals surface area contributed by atoms with Gasteiger partial charge in [-0.3, -0.25) is 4.79 Å². The third kappa shape index (κ3) is 5.14. The Labute approximate surface area is 155 Å². The van der Waals surface area contributed by atoms with E-state index in [0.29, 0.717) is 23.2 Å². The summed E-state index contributed by atoms with van der Waals surface area (Å²) in [5, 5.41) is 5.29. The molecule has 6 nitrogen and oxygen atoms in total. The zero-order valence-corrected chi connectivity index (χ0v) is 16.2. The van der Waals surface area contributed by atoms with Crippen LogP contribution >= 0.6 is 0 Å². The van der Waals surface area contributed by atoms with E-state index in [4.69, 9.17) is 5.14 Å². The molecule has 0 atom stereocenters. The van der Waals surface area contributed by atoms with Crippen molar-refractivity contribution in [3.63, 3.8) is 0 Å². The normalized spacial score (nSPS) is 11.6. The third-order valence-corrected chi connectivity index (χ3v) is 5.05. The summed E-state index contributed by atoms with van der Waals surface area (Å²) in [6, 6.07) is 13.5. The summed E-state index contributed by atoms with van der Waals surface area (Å²) in [6.45, 7) is 1.59. The number of carbonyl (C=O) groups excluding carboxylic acids is 1. The smallest absolute Gasteiger partial charge is 0.253 e. The van der Waals surface area contributed by atoms with E-state index in [1.807, 2.05) is 14.1 Å². The van der Waals surface area contributed by atoms with Crippen LogP contribution < -0.4 is 5.14 Å². The molecule has 1 amide bonds. The minimum absolute atomic E-state index is 0.0602. The number of sulfonamides is 1. The summed E-state index contributed by atoms with van der Waals surface area (Å²) in [7, 11) is 1.96. The van der Waals surface area contributed by atoms with Gasteiger partial charge in [0.15, 0.2) is 0 Å². The monoisotopic (exact) mass is 375 g/mol. The van der Waals surface area contributed by atoms with Gasteiger partial charge in [-0.25, -0.2) is 13.6 Å². The number of hydrogen-bond acceptors (Lipinski definition) is 4. The highest BCUT2D eigenvalue weighted by molar-refractivity contribution is 7.89. The fraction of sp³-hybridized carbons (Fsp3) is 0.316. The predicted molar refractivity (Wildman–Crippen MR) is 103 cm³/mol. The lowest BCUT2D eigenvalue weighted by atomic mass is 10.0. The minimum Gasteiger partial charge on any atom is -0.342 e. The highest BCUT2D eigenvalue weighted by Crippen LogP contribution is 2.26. The molecule has 0 aliphatic carbocycles. The molecular weight excluding hydrogens is 350 g/mol. The molecule has 0 bridgehead atoms. The van der Waals surface area contributed by atoms with Crippen LogP contribution in [0.1, 0.15) is 16.8 Å². The Bertz CT molecular complexity index is 862. The molecule has 0 saturated carbocycles. The standard InChI is InChI=1S/C19H25N3O3S/c1-21(2)13-6-14-22(3)19(23)16-11-9-15(10-12-16)17-7-4-5-8-18(17)26(20,24)25/h4-5,7-12H,6,13-14H2,1-3H3,(H2,20,24,25). The molecule has 0 aliphatic heterocycles. The van der Waals surface area contributed by atoms with Gasteiger partial charge in [0.05, 0.1) is 4.90 Å². The molecular formula is C19H25N3O3S. The van der Waals surface area contributed by atoms with E-state index < -0.39 is 10.0 Å². The van der Waals surface area contributed by atoms with Crippen LogP contribution in [0.2, 0.25) is 0 Å². The van der Waals surface area contributed by atoms with Crippen molar-refractivity contribution >= 4 is 15.9 Å². The van der Waals surface area contributed by atoms with Gasteiger partial charge in [-0.05, 0) is 50.8 Å². The molecule has 0 fully saturated rings. The Hall–Kier alpha value is -2.22. The minimum atomic E-state index is -3.82. The number of carbonyl (C=O) groups is 1. The second-order valence-electron chi connectivity index (χ2n) is 6.50. The van der Waals surface area contributed by atoms with E-state index in [-0.39, 0.29) is 10.8 Å². The molecule has 0 saturated heterocycles. The van der Waals surface area contributed by atoms with Crippen LogP contribution in [0.3, 0.4) is 0 Å². The molecule has 0 aromatic heterocycles. The van der Waals surface area contributed by atoms with E-state index in [1.54, 1.807) is 54.4 Å².